The Morgan fingerprint density at radius 3 is 2.56 bits per heavy atom. The zero-order valence-corrected chi connectivity index (χ0v) is 17.3. The molecule has 0 aliphatic rings. The number of fused-ring (bicyclic) bond motifs is 1. The second-order valence-electron chi connectivity index (χ2n) is 5.78. The van der Waals surface area contributed by atoms with Gasteiger partial charge in [0.1, 0.15) is 5.01 Å². The van der Waals surface area contributed by atoms with Crippen molar-refractivity contribution in [1.82, 2.24) is 4.98 Å². The second-order valence-corrected chi connectivity index (χ2v) is 7.66. The van der Waals surface area contributed by atoms with Gasteiger partial charge in [0.05, 0.1) is 24.4 Å². The van der Waals surface area contributed by atoms with Gasteiger partial charge in [-0.1, -0.05) is 28.1 Å². The SMILES string of the molecule is COc1cc(Br)c(/C=C(/CCC(=O)O)c2nc3ccccc3s2)cc1OC. The van der Waals surface area contributed by atoms with E-state index >= 15 is 0 Å². The highest BCUT2D eigenvalue weighted by Gasteiger charge is 2.14. The highest BCUT2D eigenvalue weighted by molar-refractivity contribution is 9.10. The minimum absolute atomic E-state index is 0.0344. The van der Waals surface area contributed by atoms with Crippen LogP contribution in [0, 0.1) is 0 Å². The molecule has 0 spiro atoms. The average molecular weight is 448 g/mol. The van der Waals surface area contributed by atoms with E-state index in [0.717, 1.165) is 30.8 Å². The molecule has 0 saturated heterocycles. The standard InChI is InChI=1S/C20H18BrNO4S/c1-25-16-10-13(14(21)11-17(16)26-2)9-12(7-8-19(23)24)20-22-15-5-3-4-6-18(15)27-20/h3-6,9-11H,7-8H2,1-2H3,(H,23,24)/b12-9-. The topological polar surface area (TPSA) is 68.7 Å². The molecule has 0 radical (unpaired) electrons. The van der Waals surface area contributed by atoms with Crippen molar-refractivity contribution in [3.05, 3.63) is 51.4 Å². The number of carbonyl (C=O) groups is 1. The first-order valence-electron chi connectivity index (χ1n) is 8.21. The fraction of sp³-hybridized carbons (Fsp3) is 0.200. The molecule has 2 aromatic carbocycles. The zero-order valence-electron chi connectivity index (χ0n) is 14.9. The molecular formula is C20H18BrNO4S. The van der Waals surface area contributed by atoms with Crippen molar-refractivity contribution in [2.45, 2.75) is 12.8 Å². The zero-order chi connectivity index (χ0) is 19.4. The van der Waals surface area contributed by atoms with Gasteiger partial charge in [-0.2, -0.15) is 0 Å². The van der Waals surface area contributed by atoms with Gasteiger partial charge < -0.3 is 14.6 Å². The summed E-state index contributed by atoms with van der Waals surface area (Å²) in [4.78, 5) is 15.8. The number of nitrogens with zero attached hydrogens (tertiary/aromatic N) is 1. The summed E-state index contributed by atoms with van der Waals surface area (Å²) in [5, 5.41) is 9.95. The maximum Gasteiger partial charge on any atom is 0.303 e. The predicted molar refractivity (Wildman–Crippen MR) is 112 cm³/mol. The van der Waals surface area contributed by atoms with Crippen LogP contribution in [0.3, 0.4) is 0 Å². The molecule has 3 rings (SSSR count). The first-order valence-corrected chi connectivity index (χ1v) is 9.82. The van der Waals surface area contributed by atoms with Gasteiger partial charge in [0, 0.05) is 10.9 Å². The molecule has 1 aromatic heterocycles. The Bertz CT molecular complexity index is 979. The molecule has 0 aliphatic heterocycles. The maximum atomic E-state index is 11.1. The Kier molecular flexibility index (Phi) is 6.13. The number of ether oxygens (including phenoxy) is 2. The lowest BCUT2D eigenvalue weighted by Gasteiger charge is -2.11. The lowest BCUT2D eigenvalue weighted by Crippen LogP contribution is -1.96. The summed E-state index contributed by atoms with van der Waals surface area (Å²) in [5.74, 6) is 0.385. The van der Waals surface area contributed by atoms with E-state index in [9.17, 15) is 4.79 Å². The van der Waals surface area contributed by atoms with Gasteiger partial charge in [-0.05, 0) is 47.9 Å². The van der Waals surface area contributed by atoms with Crippen LogP contribution in [0.4, 0.5) is 0 Å². The van der Waals surface area contributed by atoms with Crippen molar-refractivity contribution in [1.29, 1.82) is 0 Å². The number of methoxy groups -OCH3 is 2. The normalized spacial score (nSPS) is 11.6. The summed E-state index contributed by atoms with van der Waals surface area (Å²) in [6.07, 6.45) is 2.37. The molecule has 5 nitrogen and oxygen atoms in total. The summed E-state index contributed by atoms with van der Waals surface area (Å²) in [5.41, 5.74) is 2.64. The van der Waals surface area contributed by atoms with Crippen LogP contribution in [0.5, 0.6) is 11.5 Å². The number of thiazole rings is 1. The molecule has 27 heavy (non-hydrogen) atoms. The van der Waals surface area contributed by atoms with Crippen molar-refractivity contribution in [3.63, 3.8) is 0 Å². The van der Waals surface area contributed by atoms with E-state index in [4.69, 9.17) is 14.6 Å². The van der Waals surface area contributed by atoms with Crippen molar-refractivity contribution >= 4 is 55.1 Å². The Hall–Kier alpha value is -2.38. The summed E-state index contributed by atoms with van der Waals surface area (Å²) in [7, 11) is 3.16. The van der Waals surface area contributed by atoms with Crippen molar-refractivity contribution in [2.24, 2.45) is 0 Å². The van der Waals surface area contributed by atoms with Crippen LogP contribution in [0.2, 0.25) is 0 Å². The fourth-order valence-electron chi connectivity index (χ4n) is 2.66. The van der Waals surface area contributed by atoms with E-state index in [1.165, 1.54) is 0 Å². The number of aromatic nitrogens is 1. The molecule has 0 atom stereocenters. The summed E-state index contributed by atoms with van der Waals surface area (Å²) < 4.78 is 12.6. The maximum absolute atomic E-state index is 11.1. The second kappa shape index (κ2) is 8.54. The Morgan fingerprint density at radius 2 is 1.89 bits per heavy atom. The van der Waals surface area contributed by atoms with Crippen LogP contribution in [-0.4, -0.2) is 30.3 Å². The van der Waals surface area contributed by atoms with Crippen molar-refractivity contribution in [2.75, 3.05) is 14.2 Å². The fourth-order valence-corrected chi connectivity index (χ4v) is 4.11. The largest absolute Gasteiger partial charge is 0.493 e. The molecule has 140 valence electrons. The third kappa shape index (κ3) is 4.48. The van der Waals surface area contributed by atoms with E-state index in [2.05, 4.69) is 20.9 Å². The number of benzene rings is 2. The number of aliphatic carboxylic acids is 1. The Balaban J connectivity index is 2.08. The number of hydrogen-bond acceptors (Lipinski definition) is 5. The molecular weight excluding hydrogens is 430 g/mol. The number of rotatable bonds is 7. The number of allylic oxidation sites excluding steroid dienone is 1. The molecule has 0 fully saturated rings. The summed E-state index contributed by atoms with van der Waals surface area (Å²) in [6, 6.07) is 11.6. The minimum Gasteiger partial charge on any atom is -0.493 e. The van der Waals surface area contributed by atoms with Gasteiger partial charge in [-0.25, -0.2) is 4.98 Å². The van der Waals surface area contributed by atoms with Gasteiger partial charge in [0.15, 0.2) is 11.5 Å². The smallest absolute Gasteiger partial charge is 0.303 e. The first-order chi connectivity index (χ1) is 13.0. The number of hydrogen-bond donors (Lipinski definition) is 1. The molecule has 0 unspecified atom stereocenters. The van der Waals surface area contributed by atoms with Crippen LogP contribution in [-0.2, 0) is 4.79 Å². The average Bonchev–Trinajstić information content (AvgIpc) is 3.09. The summed E-state index contributed by atoms with van der Waals surface area (Å²) >= 11 is 5.11. The Labute approximate surface area is 169 Å². The van der Waals surface area contributed by atoms with E-state index in [1.807, 2.05) is 42.5 Å². The number of carboxylic acids is 1. The molecule has 1 N–H and O–H groups in total. The highest BCUT2D eigenvalue weighted by atomic mass is 79.9. The predicted octanol–water partition coefficient (Wildman–Crippen LogP) is 5.48. The van der Waals surface area contributed by atoms with Gasteiger partial charge in [0.2, 0.25) is 0 Å². The lowest BCUT2D eigenvalue weighted by atomic mass is 10.1. The van der Waals surface area contributed by atoms with E-state index in [0.29, 0.717) is 17.9 Å². The molecule has 0 amide bonds. The van der Waals surface area contributed by atoms with Crippen LogP contribution in [0.25, 0.3) is 21.9 Å². The Morgan fingerprint density at radius 1 is 1.19 bits per heavy atom. The molecule has 1 heterocycles. The lowest BCUT2D eigenvalue weighted by molar-refractivity contribution is -0.136. The van der Waals surface area contributed by atoms with Crippen molar-refractivity contribution < 1.29 is 19.4 Å². The van der Waals surface area contributed by atoms with Gasteiger partial charge in [-0.15, -0.1) is 11.3 Å². The summed E-state index contributed by atoms with van der Waals surface area (Å²) in [6.45, 7) is 0. The van der Waals surface area contributed by atoms with E-state index < -0.39 is 5.97 Å². The highest BCUT2D eigenvalue weighted by Crippen LogP contribution is 2.37. The molecule has 3 aromatic rings. The van der Waals surface area contributed by atoms with Crippen molar-refractivity contribution in [3.8, 4) is 11.5 Å². The molecule has 0 saturated carbocycles. The first kappa shape index (κ1) is 19.4. The van der Waals surface area contributed by atoms with Crippen LogP contribution < -0.4 is 9.47 Å². The van der Waals surface area contributed by atoms with Gasteiger partial charge in [0.25, 0.3) is 0 Å². The van der Waals surface area contributed by atoms with Gasteiger partial charge >= 0.3 is 5.97 Å². The molecule has 0 aliphatic carbocycles. The van der Waals surface area contributed by atoms with E-state index in [-0.39, 0.29) is 6.42 Å². The van der Waals surface area contributed by atoms with Crippen LogP contribution in [0.15, 0.2) is 40.9 Å². The van der Waals surface area contributed by atoms with E-state index in [1.54, 1.807) is 25.6 Å². The monoisotopic (exact) mass is 447 g/mol. The van der Waals surface area contributed by atoms with Gasteiger partial charge in [-0.3, -0.25) is 4.79 Å². The minimum atomic E-state index is -0.839. The third-order valence-corrected chi connectivity index (χ3v) is 5.81. The van der Waals surface area contributed by atoms with Crippen LogP contribution >= 0.6 is 27.3 Å². The third-order valence-electron chi connectivity index (χ3n) is 4.01. The number of halogens is 1. The molecule has 0 bridgehead atoms. The number of para-hydroxylation sites is 1. The quantitative estimate of drug-likeness (QED) is 0.518. The molecule has 7 heteroatoms. The van der Waals surface area contributed by atoms with Crippen LogP contribution in [0.1, 0.15) is 23.4 Å². The number of carboxylic acid groups (broad SMARTS) is 1.